The van der Waals surface area contributed by atoms with Gasteiger partial charge in [0.15, 0.2) is 5.75 Å². The summed E-state index contributed by atoms with van der Waals surface area (Å²) in [5.74, 6) is 0.102. The van der Waals surface area contributed by atoms with Crippen LogP contribution in [0.2, 0.25) is 0 Å². The average Bonchev–Trinajstić information content (AvgIpc) is 3.64. The van der Waals surface area contributed by atoms with Gasteiger partial charge in [-0.1, -0.05) is 55.4 Å². The van der Waals surface area contributed by atoms with Crippen molar-refractivity contribution in [1.82, 2.24) is 10.2 Å². The van der Waals surface area contributed by atoms with Crippen molar-refractivity contribution in [2.45, 2.75) is 46.1 Å². The number of hydrogen-bond donors (Lipinski definition) is 4. The van der Waals surface area contributed by atoms with Gasteiger partial charge in [0.1, 0.15) is 29.9 Å². The summed E-state index contributed by atoms with van der Waals surface area (Å²) in [5, 5.41) is 28.6. The van der Waals surface area contributed by atoms with Crippen molar-refractivity contribution < 1.29 is 48.7 Å². The summed E-state index contributed by atoms with van der Waals surface area (Å²) in [6.45, 7) is 11.4. The van der Waals surface area contributed by atoms with Crippen LogP contribution in [0.1, 0.15) is 40.0 Å². The fourth-order valence-corrected chi connectivity index (χ4v) is 6.71. The first-order chi connectivity index (χ1) is 26.6. The molecule has 55 heavy (non-hydrogen) atoms. The van der Waals surface area contributed by atoms with E-state index in [1.807, 2.05) is 56.3 Å². The molecule has 2 fully saturated rings. The van der Waals surface area contributed by atoms with Crippen LogP contribution >= 0.6 is 27.3 Å². The van der Waals surface area contributed by atoms with Crippen LogP contribution in [0.25, 0.3) is 20.5 Å². The van der Waals surface area contributed by atoms with E-state index in [2.05, 4.69) is 46.9 Å². The largest absolute Gasteiger partial charge is 0.516 e. The molecule has 1 atom stereocenters. The molecule has 12 nitrogen and oxygen atoms in total. The summed E-state index contributed by atoms with van der Waals surface area (Å²) < 4.78 is 19.5. The average molecular weight is 838 g/mol. The summed E-state index contributed by atoms with van der Waals surface area (Å²) in [5.41, 5.74) is 1.04. The molecule has 6 rings (SSSR count). The molecule has 292 valence electrons. The summed E-state index contributed by atoms with van der Waals surface area (Å²) >= 11 is 5.09. The monoisotopic (exact) mass is 836 g/mol. The summed E-state index contributed by atoms with van der Waals surface area (Å²) in [4.78, 5) is 48.8. The van der Waals surface area contributed by atoms with Gasteiger partial charge in [-0.2, -0.15) is 0 Å². The number of thiophene rings is 1. The predicted molar refractivity (Wildman–Crippen MR) is 216 cm³/mol. The van der Waals surface area contributed by atoms with Gasteiger partial charge >= 0.3 is 0 Å². The van der Waals surface area contributed by atoms with Crippen LogP contribution in [0.15, 0.2) is 107 Å². The van der Waals surface area contributed by atoms with E-state index < -0.39 is 29.7 Å². The number of phenolic OH excluding ortho intramolecular Hbond substituents is 1. The second-order valence-corrected chi connectivity index (χ2v) is 13.3. The van der Waals surface area contributed by atoms with E-state index in [-0.39, 0.29) is 29.7 Å². The molecule has 3 heterocycles. The molecule has 0 bridgehead atoms. The van der Waals surface area contributed by atoms with Crippen molar-refractivity contribution in [2.24, 2.45) is 0 Å². The Balaban J connectivity index is 0.000000293. The molecule has 3 aromatic carbocycles. The molecule has 14 heteroatoms. The molecule has 2 aliphatic heterocycles. The van der Waals surface area contributed by atoms with Gasteiger partial charge in [0.25, 0.3) is 11.8 Å². The van der Waals surface area contributed by atoms with E-state index in [9.17, 15) is 24.3 Å². The maximum atomic E-state index is 12.2. The third-order valence-electron chi connectivity index (χ3n) is 7.75. The Bertz CT molecular complexity index is 2010. The fourth-order valence-electron chi connectivity index (χ4n) is 5.28. The second kappa shape index (κ2) is 22.2. The third-order valence-corrected chi connectivity index (χ3v) is 9.46. The van der Waals surface area contributed by atoms with Crippen molar-refractivity contribution >= 4 is 61.0 Å². The zero-order valence-electron chi connectivity index (χ0n) is 31.0. The van der Waals surface area contributed by atoms with Crippen molar-refractivity contribution in [3.63, 3.8) is 0 Å². The van der Waals surface area contributed by atoms with Crippen LogP contribution in [0.3, 0.4) is 0 Å². The number of rotatable bonds is 11. The number of hydrogen-bond acceptors (Lipinski definition) is 11. The zero-order chi connectivity index (χ0) is 40.5. The van der Waals surface area contributed by atoms with Crippen LogP contribution < -0.4 is 14.8 Å². The number of carbonyl (C=O) groups excluding carboxylic acids is 4. The quantitative estimate of drug-likeness (QED) is 0.0503. The van der Waals surface area contributed by atoms with Gasteiger partial charge in [0, 0.05) is 40.3 Å². The number of fused-ring (bicyclic) bond motifs is 1. The number of aliphatic hydroxyl groups excluding tert-OH is 2. The van der Waals surface area contributed by atoms with E-state index in [0.29, 0.717) is 19.5 Å². The van der Waals surface area contributed by atoms with E-state index in [4.69, 9.17) is 24.4 Å². The van der Waals surface area contributed by atoms with Gasteiger partial charge in [-0.25, -0.2) is 0 Å². The first-order valence-corrected chi connectivity index (χ1v) is 19.1. The predicted octanol–water partition coefficient (Wildman–Crippen LogP) is 7.98. The number of aliphatic hydroxyl groups is 2. The molecule has 0 aliphatic carbocycles. The molecule has 4 N–H and O–H groups in total. The molecule has 0 spiro atoms. The summed E-state index contributed by atoms with van der Waals surface area (Å²) in [6.07, 6.45) is 4.31. The molecule has 1 aromatic heterocycles. The highest BCUT2D eigenvalue weighted by molar-refractivity contribution is 9.10. The van der Waals surface area contributed by atoms with Gasteiger partial charge in [0.05, 0.1) is 23.3 Å². The molecule has 1 unspecified atom stereocenters. The molecule has 4 aromatic rings. The summed E-state index contributed by atoms with van der Waals surface area (Å²) in [6, 6.07) is 20.1. The number of aromatic hydroxyl groups is 1. The minimum absolute atomic E-state index is 0.0185. The molecule has 2 saturated heterocycles. The smallest absolute Gasteiger partial charge is 0.262 e. The molecule has 0 radical (unpaired) electrons. The molecule has 4 amide bonds. The highest BCUT2D eigenvalue weighted by Crippen LogP contribution is 2.47. The number of ether oxygens (including phenoxy) is 3. The first-order valence-electron chi connectivity index (χ1n) is 17.5. The van der Waals surface area contributed by atoms with Gasteiger partial charge in [-0.3, -0.25) is 29.4 Å². The number of likely N-dealkylation sites (tertiary alicyclic amines) is 1. The van der Waals surface area contributed by atoms with E-state index in [0.717, 1.165) is 67.3 Å². The minimum atomic E-state index is -1.01. The highest BCUT2D eigenvalue weighted by Gasteiger charge is 2.45. The Hall–Kier alpha value is -5.28. The number of imide groups is 2. The zero-order valence-corrected chi connectivity index (χ0v) is 33.4. The number of nitrogens with one attached hydrogen (secondary N) is 1. The number of carbonyl (C=O) groups is 4. The van der Waals surface area contributed by atoms with Crippen LogP contribution in [0.5, 0.6) is 23.0 Å². The number of benzene rings is 3. The fraction of sp³-hybridized carbons (Fsp3) is 0.268. The van der Waals surface area contributed by atoms with Gasteiger partial charge in [-0.05, 0) is 85.2 Å². The maximum Gasteiger partial charge on any atom is 0.262 e. The maximum absolute atomic E-state index is 12.2. The molecule has 0 saturated carbocycles. The number of allylic oxidation sites excluding steroid dienone is 2. The minimum Gasteiger partial charge on any atom is -0.516 e. The standard InChI is InChI=1S/C25H23BrO4S.C13H12N2O5.C2H6.CH4O/c1-2-13-28-14-15-29-20-8-10-21(11-9-20)30-24-22-12-7-19(27)16-23(22)31-25(24)17-3-5-18(26)6-4-17;1-7-8(3-2-6-16)13(20)15(12(7)19)9-4-5-10(17)14-11(9)18;2*1-2/h3-12,16,27H,2,13-15H2,1H3;2-3,6,9,16H,1,4-5H2,(H,14,17,18);1-2H3;2H,1H3/b;6-2+,8-3+;;. The number of nitrogens with zero attached hydrogens (tertiary/aromatic N) is 1. The van der Waals surface area contributed by atoms with Crippen LogP contribution in [-0.2, 0) is 23.9 Å². The number of halogens is 1. The van der Waals surface area contributed by atoms with Crippen molar-refractivity contribution in [1.29, 1.82) is 0 Å². The van der Waals surface area contributed by atoms with E-state index >= 15 is 0 Å². The Morgan fingerprint density at radius 1 is 0.945 bits per heavy atom. The lowest BCUT2D eigenvalue weighted by Crippen LogP contribution is -2.54. The van der Waals surface area contributed by atoms with Crippen LogP contribution in [0.4, 0.5) is 0 Å². The topological polar surface area (TPSA) is 172 Å². The number of amides is 4. The lowest BCUT2D eigenvalue weighted by Gasteiger charge is -2.27. The van der Waals surface area contributed by atoms with Gasteiger partial charge in [0.2, 0.25) is 11.8 Å². The molecule has 2 aliphatic rings. The molecular formula is C41H45BrN2O10S. The van der Waals surface area contributed by atoms with Crippen LogP contribution in [-0.4, -0.2) is 76.8 Å². The Labute approximate surface area is 332 Å². The number of piperidine rings is 1. The van der Waals surface area contributed by atoms with Gasteiger partial charge < -0.3 is 29.5 Å². The SMILES string of the molecule is C=C1C(=O)N(C2CCC(=O)NC2=O)C(=O)/C1=C/C=C/O.CC.CCCOCCOc1ccc(Oc2c(-c3ccc(Br)cc3)sc3cc(O)ccc23)cc1.CO. The second-order valence-electron chi connectivity index (χ2n) is 11.3. The van der Waals surface area contributed by atoms with Crippen molar-refractivity contribution in [2.75, 3.05) is 26.9 Å². The van der Waals surface area contributed by atoms with Crippen molar-refractivity contribution in [3.8, 4) is 33.4 Å². The Morgan fingerprint density at radius 2 is 1.62 bits per heavy atom. The highest BCUT2D eigenvalue weighted by atomic mass is 79.9. The summed E-state index contributed by atoms with van der Waals surface area (Å²) in [7, 11) is 1.00. The Morgan fingerprint density at radius 3 is 2.25 bits per heavy atom. The number of phenols is 1. The molecular weight excluding hydrogens is 792 g/mol. The lowest BCUT2D eigenvalue weighted by molar-refractivity contribution is -0.149. The third kappa shape index (κ3) is 11.6. The van der Waals surface area contributed by atoms with Gasteiger partial charge in [-0.15, -0.1) is 11.3 Å². The van der Waals surface area contributed by atoms with Crippen molar-refractivity contribution in [3.05, 3.63) is 107 Å². The normalized spacial score (nSPS) is 15.9. The first kappa shape index (κ1) is 44.1. The van der Waals surface area contributed by atoms with E-state index in [1.54, 1.807) is 23.5 Å². The van der Waals surface area contributed by atoms with Crippen LogP contribution in [0, 0.1) is 0 Å². The van der Waals surface area contributed by atoms with E-state index in [1.165, 1.54) is 12.2 Å². The lowest BCUT2D eigenvalue weighted by atomic mass is 10.0. The Kier molecular flexibility index (Phi) is 17.8.